The number of hydrogen-bond donors (Lipinski definition) is 1. The summed E-state index contributed by atoms with van der Waals surface area (Å²) in [6, 6.07) is 3.94. The van der Waals surface area contributed by atoms with Crippen molar-refractivity contribution in [3.8, 4) is 0 Å². The number of alkyl halides is 6. The predicted octanol–water partition coefficient (Wildman–Crippen LogP) is 4.56. The first-order chi connectivity index (χ1) is 14.3. The summed E-state index contributed by atoms with van der Waals surface area (Å²) in [5.41, 5.74) is -4.54. The van der Waals surface area contributed by atoms with E-state index in [1.165, 1.54) is 19.2 Å². The molecule has 0 aliphatic carbocycles. The highest BCUT2D eigenvalue weighted by molar-refractivity contribution is 6.00. The molecular weight excluding hydrogens is 435 g/mol. The van der Waals surface area contributed by atoms with Crippen LogP contribution in [-0.2, 0) is 23.6 Å². The molecule has 1 saturated heterocycles. The topological polar surface area (TPSA) is 52.7 Å². The Labute approximate surface area is 171 Å². The predicted molar refractivity (Wildman–Crippen MR) is 95.8 cm³/mol. The summed E-state index contributed by atoms with van der Waals surface area (Å²) in [7, 11) is 1.23. The minimum Gasteiger partial charge on any atom is -0.320 e. The summed E-state index contributed by atoms with van der Waals surface area (Å²) in [4.78, 5) is 26.0. The molecule has 1 aliphatic heterocycles. The van der Waals surface area contributed by atoms with Gasteiger partial charge >= 0.3 is 18.4 Å². The number of hydrogen-bond acceptors (Lipinski definition) is 2. The molecule has 12 heteroatoms. The normalized spacial score (nSPS) is 14.2. The number of nitrogens with zero attached hydrogens (tertiary/aromatic N) is 2. The van der Waals surface area contributed by atoms with Crippen LogP contribution in [0.3, 0.4) is 0 Å². The van der Waals surface area contributed by atoms with E-state index in [2.05, 4.69) is 5.32 Å². The van der Waals surface area contributed by atoms with Crippen LogP contribution in [0, 0.1) is 5.82 Å². The Morgan fingerprint density at radius 3 is 2.13 bits per heavy atom. The molecule has 0 unspecified atom stereocenters. The average molecular weight is 449 g/mol. The lowest BCUT2D eigenvalue weighted by Gasteiger charge is -2.35. The average Bonchev–Trinajstić information content (AvgIpc) is 2.66. The molecule has 1 fully saturated rings. The monoisotopic (exact) mass is 449 g/mol. The van der Waals surface area contributed by atoms with E-state index in [1.807, 2.05) is 0 Å². The summed E-state index contributed by atoms with van der Waals surface area (Å²) in [6.07, 6.45) is -11.3. The second kappa shape index (κ2) is 7.75. The van der Waals surface area contributed by atoms with Crippen LogP contribution < -0.4 is 15.1 Å². The van der Waals surface area contributed by atoms with Crippen LogP contribution in [0.25, 0.3) is 0 Å². The van der Waals surface area contributed by atoms with E-state index in [4.69, 9.17) is 0 Å². The van der Waals surface area contributed by atoms with Crippen LogP contribution in [-0.4, -0.2) is 25.7 Å². The van der Waals surface area contributed by atoms with Gasteiger partial charge in [-0.1, -0.05) is 0 Å². The number of benzene rings is 2. The quantitative estimate of drug-likeness (QED) is 0.697. The lowest BCUT2D eigenvalue weighted by molar-refractivity contribution is -0.143. The SMILES string of the molecule is CN(C(=O)Cc1c(N2CNC2=O)cc(C(F)(F)F)cc1C(F)(F)F)c1ccc(F)cc1. The highest BCUT2D eigenvalue weighted by atomic mass is 19.4. The van der Waals surface area contributed by atoms with Crippen molar-refractivity contribution in [1.29, 1.82) is 0 Å². The lowest BCUT2D eigenvalue weighted by Crippen LogP contribution is -2.57. The van der Waals surface area contributed by atoms with Gasteiger partial charge in [-0.15, -0.1) is 0 Å². The third-order valence-electron chi connectivity index (χ3n) is 4.70. The molecule has 0 radical (unpaired) electrons. The third kappa shape index (κ3) is 4.57. The van der Waals surface area contributed by atoms with Gasteiger partial charge < -0.3 is 10.2 Å². The van der Waals surface area contributed by atoms with E-state index in [9.17, 15) is 40.3 Å². The van der Waals surface area contributed by atoms with Crippen LogP contribution in [0.15, 0.2) is 36.4 Å². The zero-order valence-electron chi connectivity index (χ0n) is 15.7. The van der Waals surface area contributed by atoms with Crippen LogP contribution in [0.5, 0.6) is 0 Å². The smallest absolute Gasteiger partial charge is 0.320 e. The molecule has 0 aromatic heterocycles. The van der Waals surface area contributed by atoms with Gasteiger partial charge in [-0.3, -0.25) is 9.69 Å². The first-order valence-corrected chi connectivity index (χ1v) is 8.68. The van der Waals surface area contributed by atoms with Crippen molar-refractivity contribution in [2.45, 2.75) is 18.8 Å². The van der Waals surface area contributed by atoms with E-state index in [-0.39, 0.29) is 18.4 Å². The number of anilines is 2. The van der Waals surface area contributed by atoms with Crippen molar-refractivity contribution in [3.05, 3.63) is 58.9 Å². The maximum absolute atomic E-state index is 13.6. The molecule has 0 bridgehead atoms. The van der Waals surface area contributed by atoms with Gasteiger partial charge in [0.15, 0.2) is 0 Å². The Hall–Kier alpha value is -3.31. The van der Waals surface area contributed by atoms with Crippen LogP contribution in [0.1, 0.15) is 16.7 Å². The van der Waals surface area contributed by atoms with Crippen LogP contribution in [0.4, 0.5) is 46.9 Å². The Morgan fingerprint density at radius 2 is 1.68 bits per heavy atom. The highest BCUT2D eigenvalue weighted by Crippen LogP contribution is 2.42. The fourth-order valence-electron chi connectivity index (χ4n) is 3.00. The van der Waals surface area contributed by atoms with Gasteiger partial charge in [-0.2, -0.15) is 26.3 Å². The van der Waals surface area contributed by atoms with Gasteiger partial charge in [-0.25, -0.2) is 9.18 Å². The fraction of sp³-hybridized carbons (Fsp3) is 0.263. The number of amides is 3. The van der Waals surface area contributed by atoms with E-state index in [0.29, 0.717) is 11.0 Å². The van der Waals surface area contributed by atoms with Crippen molar-refractivity contribution >= 4 is 23.3 Å². The van der Waals surface area contributed by atoms with Gasteiger partial charge in [0, 0.05) is 12.7 Å². The van der Waals surface area contributed by atoms with Gasteiger partial charge in [0.2, 0.25) is 5.91 Å². The molecule has 166 valence electrons. The van der Waals surface area contributed by atoms with Crippen LogP contribution in [0.2, 0.25) is 0 Å². The number of carbonyl (C=O) groups excluding carboxylic acids is 2. The van der Waals surface area contributed by atoms with Gasteiger partial charge in [0.05, 0.1) is 23.2 Å². The highest BCUT2D eigenvalue weighted by Gasteiger charge is 2.42. The molecule has 5 nitrogen and oxygen atoms in total. The van der Waals surface area contributed by atoms with Gasteiger partial charge in [0.25, 0.3) is 0 Å². The molecular formula is C19H14F7N3O2. The molecule has 3 amide bonds. The second-order valence-electron chi connectivity index (χ2n) is 6.69. The van der Waals surface area contributed by atoms with Gasteiger partial charge in [-0.05, 0) is 42.0 Å². The van der Waals surface area contributed by atoms with Crippen molar-refractivity contribution in [2.75, 3.05) is 23.5 Å². The fourth-order valence-corrected chi connectivity index (χ4v) is 3.00. The Balaban J connectivity index is 2.09. The zero-order valence-corrected chi connectivity index (χ0v) is 15.7. The summed E-state index contributed by atoms with van der Waals surface area (Å²) < 4.78 is 93.6. The van der Waals surface area contributed by atoms with E-state index in [0.717, 1.165) is 17.0 Å². The van der Waals surface area contributed by atoms with Crippen molar-refractivity contribution in [1.82, 2.24) is 5.32 Å². The second-order valence-corrected chi connectivity index (χ2v) is 6.69. The molecule has 1 aliphatic rings. The molecule has 0 atom stereocenters. The summed E-state index contributed by atoms with van der Waals surface area (Å²) in [5.74, 6) is -1.50. The molecule has 2 aromatic rings. The van der Waals surface area contributed by atoms with Crippen molar-refractivity contribution in [3.63, 3.8) is 0 Å². The van der Waals surface area contributed by atoms with E-state index < -0.39 is 58.9 Å². The minimum absolute atomic E-state index is 0.0816. The third-order valence-corrected chi connectivity index (χ3v) is 4.70. The number of rotatable bonds is 4. The number of nitrogens with one attached hydrogen (secondary N) is 1. The van der Waals surface area contributed by atoms with Crippen LogP contribution >= 0.6 is 0 Å². The largest absolute Gasteiger partial charge is 0.416 e. The number of carbonyl (C=O) groups is 2. The molecule has 0 spiro atoms. The van der Waals surface area contributed by atoms with E-state index >= 15 is 0 Å². The molecule has 2 aromatic carbocycles. The molecule has 31 heavy (non-hydrogen) atoms. The minimum atomic E-state index is -5.22. The maximum Gasteiger partial charge on any atom is 0.416 e. The number of likely N-dealkylation sites (N-methyl/N-ethyl adjacent to an activating group) is 1. The standard InChI is InChI=1S/C19H14F7N3O2/c1-28(12-4-2-11(20)3-5-12)16(30)8-13-14(19(24,25)26)6-10(18(21,22)23)7-15(13)29-9-27-17(29)31/h2-7H,8-9H2,1H3,(H,27,31). The van der Waals surface area contributed by atoms with Gasteiger partial charge in [0.1, 0.15) is 12.5 Å². The summed E-state index contributed by atoms with van der Waals surface area (Å²) in [6.45, 7) is -0.313. The molecule has 3 rings (SSSR count). The van der Waals surface area contributed by atoms with E-state index in [1.54, 1.807) is 0 Å². The molecule has 1 heterocycles. The number of halogens is 7. The Bertz CT molecular complexity index is 1020. The summed E-state index contributed by atoms with van der Waals surface area (Å²) in [5, 5.41) is 2.20. The molecule has 0 saturated carbocycles. The lowest BCUT2D eigenvalue weighted by atomic mass is 9.96. The first-order valence-electron chi connectivity index (χ1n) is 8.68. The van der Waals surface area contributed by atoms with Crippen molar-refractivity contribution < 1.29 is 40.3 Å². The Kier molecular flexibility index (Phi) is 5.59. The maximum atomic E-state index is 13.6. The van der Waals surface area contributed by atoms with Crippen molar-refractivity contribution in [2.24, 2.45) is 0 Å². The first kappa shape index (κ1) is 22.4. The number of urea groups is 1. The zero-order chi connectivity index (χ0) is 23.1. The summed E-state index contributed by atoms with van der Waals surface area (Å²) >= 11 is 0. The molecule has 1 N–H and O–H groups in total. The Morgan fingerprint density at radius 1 is 1.06 bits per heavy atom.